The summed E-state index contributed by atoms with van der Waals surface area (Å²) in [6.07, 6.45) is 3.83. The highest BCUT2D eigenvalue weighted by Gasteiger charge is 2.15. The largest absolute Gasteiger partial charge is 0.492 e. The lowest BCUT2D eigenvalue weighted by molar-refractivity contribution is -0.134. The van der Waals surface area contributed by atoms with E-state index in [1.165, 1.54) is 0 Å². The summed E-state index contributed by atoms with van der Waals surface area (Å²) >= 11 is 0. The molecule has 1 aliphatic heterocycles. The average Bonchev–Trinajstić information content (AvgIpc) is 2.58. The zero-order valence-electron chi connectivity index (χ0n) is 16.5. The zero-order valence-corrected chi connectivity index (χ0v) is 16.5. The van der Waals surface area contributed by atoms with Crippen LogP contribution in [0.15, 0.2) is 12.3 Å². The topological polar surface area (TPSA) is 60.9 Å². The van der Waals surface area contributed by atoms with E-state index in [-0.39, 0.29) is 11.4 Å². The highest BCUT2D eigenvalue weighted by Crippen LogP contribution is 2.26. The molecule has 146 valence electrons. The third kappa shape index (κ3) is 7.30. The standard InChI is InChI=1S/C20H32N2O4/c1-16-17(25-15-12-22-10-13-24-14-11-22)7-9-21-19(16)26-18(23)6-5-8-20(2,3)4/h7,9H,5-6,8,10-15H2,1-4H3. The molecule has 1 aliphatic rings. The third-order valence-corrected chi connectivity index (χ3v) is 4.40. The number of hydrogen-bond acceptors (Lipinski definition) is 6. The molecule has 1 aromatic heterocycles. The van der Waals surface area contributed by atoms with Crippen molar-refractivity contribution in [2.75, 3.05) is 39.5 Å². The number of esters is 1. The van der Waals surface area contributed by atoms with Gasteiger partial charge < -0.3 is 14.2 Å². The predicted octanol–water partition coefficient (Wildman–Crippen LogP) is 3.22. The van der Waals surface area contributed by atoms with Gasteiger partial charge in [0.2, 0.25) is 5.88 Å². The number of nitrogens with zero attached hydrogens (tertiary/aromatic N) is 2. The Morgan fingerprint density at radius 3 is 2.73 bits per heavy atom. The van der Waals surface area contributed by atoms with Crippen molar-refractivity contribution in [3.8, 4) is 11.6 Å². The Balaban J connectivity index is 1.80. The molecule has 0 saturated carbocycles. The minimum absolute atomic E-state index is 0.225. The maximum atomic E-state index is 12.1. The molecule has 2 heterocycles. The third-order valence-electron chi connectivity index (χ3n) is 4.40. The summed E-state index contributed by atoms with van der Waals surface area (Å²) in [7, 11) is 0. The summed E-state index contributed by atoms with van der Waals surface area (Å²) in [6.45, 7) is 13.3. The minimum Gasteiger partial charge on any atom is -0.492 e. The van der Waals surface area contributed by atoms with Gasteiger partial charge in [-0.3, -0.25) is 9.69 Å². The van der Waals surface area contributed by atoms with Crippen LogP contribution in [-0.2, 0) is 9.53 Å². The summed E-state index contributed by atoms with van der Waals surface area (Å²) in [4.78, 5) is 18.6. The van der Waals surface area contributed by atoms with E-state index < -0.39 is 0 Å². The van der Waals surface area contributed by atoms with Crippen LogP contribution in [0.25, 0.3) is 0 Å². The van der Waals surface area contributed by atoms with E-state index in [0.29, 0.717) is 24.7 Å². The molecular weight excluding hydrogens is 332 g/mol. The van der Waals surface area contributed by atoms with Gasteiger partial charge in [0.15, 0.2) is 0 Å². The molecule has 0 bridgehead atoms. The van der Waals surface area contributed by atoms with Crippen molar-refractivity contribution >= 4 is 5.97 Å². The summed E-state index contributed by atoms with van der Waals surface area (Å²) < 4.78 is 16.7. The Kier molecular flexibility index (Phi) is 7.85. The summed E-state index contributed by atoms with van der Waals surface area (Å²) in [5, 5.41) is 0. The SMILES string of the molecule is Cc1c(OCCN2CCOCC2)ccnc1OC(=O)CCCC(C)(C)C. The number of pyridine rings is 1. The fraction of sp³-hybridized carbons (Fsp3) is 0.700. The van der Waals surface area contributed by atoms with E-state index in [1.807, 2.05) is 13.0 Å². The molecule has 1 aromatic rings. The number of aromatic nitrogens is 1. The van der Waals surface area contributed by atoms with Gasteiger partial charge >= 0.3 is 5.97 Å². The first-order valence-corrected chi connectivity index (χ1v) is 9.44. The normalized spacial score (nSPS) is 15.7. The predicted molar refractivity (Wildman–Crippen MR) is 101 cm³/mol. The van der Waals surface area contributed by atoms with Crippen molar-refractivity contribution in [1.29, 1.82) is 0 Å². The lowest BCUT2D eigenvalue weighted by Crippen LogP contribution is -2.38. The van der Waals surface area contributed by atoms with E-state index in [4.69, 9.17) is 14.2 Å². The summed E-state index contributed by atoms with van der Waals surface area (Å²) in [5.74, 6) is 0.815. The summed E-state index contributed by atoms with van der Waals surface area (Å²) in [6, 6.07) is 1.81. The Hall–Kier alpha value is -1.66. The van der Waals surface area contributed by atoms with Gasteiger partial charge in [0.1, 0.15) is 12.4 Å². The van der Waals surface area contributed by atoms with Gasteiger partial charge in [0, 0.05) is 32.3 Å². The van der Waals surface area contributed by atoms with Crippen molar-refractivity contribution in [2.45, 2.75) is 47.0 Å². The van der Waals surface area contributed by atoms with E-state index in [2.05, 4.69) is 30.7 Å². The molecule has 0 radical (unpaired) electrons. The first-order chi connectivity index (χ1) is 12.3. The van der Waals surface area contributed by atoms with Crippen LogP contribution in [0, 0.1) is 12.3 Å². The monoisotopic (exact) mass is 364 g/mol. The molecule has 6 nitrogen and oxygen atoms in total. The van der Waals surface area contributed by atoms with Crippen LogP contribution in [0.1, 0.15) is 45.6 Å². The second-order valence-corrected chi connectivity index (χ2v) is 7.93. The molecule has 2 rings (SSSR count). The molecular formula is C20H32N2O4. The van der Waals surface area contributed by atoms with Crippen LogP contribution in [0.2, 0.25) is 0 Å². The smallest absolute Gasteiger partial charge is 0.312 e. The fourth-order valence-corrected chi connectivity index (χ4v) is 2.79. The van der Waals surface area contributed by atoms with Gasteiger partial charge in [-0.2, -0.15) is 0 Å². The van der Waals surface area contributed by atoms with Crippen LogP contribution < -0.4 is 9.47 Å². The molecule has 6 heteroatoms. The molecule has 0 atom stereocenters. The zero-order chi connectivity index (χ0) is 19.0. The van der Waals surface area contributed by atoms with Crippen LogP contribution in [0.5, 0.6) is 11.6 Å². The second kappa shape index (κ2) is 9.88. The van der Waals surface area contributed by atoms with E-state index in [9.17, 15) is 4.79 Å². The minimum atomic E-state index is -0.240. The molecule has 1 saturated heterocycles. The molecule has 0 amide bonds. The van der Waals surface area contributed by atoms with E-state index in [0.717, 1.165) is 51.3 Å². The Morgan fingerprint density at radius 2 is 2.04 bits per heavy atom. The molecule has 0 N–H and O–H groups in total. The van der Waals surface area contributed by atoms with Gasteiger partial charge in [0.25, 0.3) is 0 Å². The number of rotatable bonds is 8. The quantitative estimate of drug-likeness (QED) is 0.660. The molecule has 26 heavy (non-hydrogen) atoms. The van der Waals surface area contributed by atoms with Crippen molar-refractivity contribution in [2.24, 2.45) is 5.41 Å². The molecule has 0 unspecified atom stereocenters. The first-order valence-electron chi connectivity index (χ1n) is 9.44. The number of hydrogen-bond donors (Lipinski definition) is 0. The lowest BCUT2D eigenvalue weighted by Gasteiger charge is -2.26. The molecule has 0 aliphatic carbocycles. The van der Waals surface area contributed by atoms with Crippen molar-refractivity contribution in [3.63, 3.8) is 0 Å². The van der Waals surface area contributed by atoms with Gasteiger partial charge in [-0.25, -0.2) is 4.98 Å². The average molecular weight is 364 g/mol. The molecule has 0 aromatic carbocycles. The van der Waals surface area contributed by atoms with Gasteiger partial charge in [-0.1, -0.05) is 20.8 Å². The van der Waals surface area contributed by atoms with E-state index >= 15 is 0 Å². The van der Waals surface area contributed by atoms with Crippen LogP contribution in [0.3, 0.4) is 0 Å². The van der Waals surface area contributed by atoms with Crippen molar-refractivity contribution < 1.29 is 19.0 Å². The number of carbonyl (C=O) groups is 1. The Labute approximate surface area is 156 Å². The fourth-order valence-electron chi connectivity index (χ4n) is 2.79. The Bertz CT molecular complexity index is 578. The number of carbonyl (C=O) groups excluding carboxylic acids is 1. The van der Waals surface area contributed by atoms with Crippen LogP contribution in [0.4, 0.5) is 0 Å². The maximum absolute atomic E-state index is 12.1. The Morgan fingerprint density at radius 1 is 1.31 bits per heavy atom. The number of ether oxygens (including phenoxy) is 3. The van der Waals surface area contributed by atoms with Crippen molar-refractivity contribution in [1.82, 2.24) is 9.88 Å². The van der Waals surface area contributed by atoms with Gasteiger partial charge in [-0.15, -0.1) is 0 Å². The summed E-state index contributed by atoms with van der Waals surface area (Å²) in [5.41, 5.74) is 0.988. The molecule has 1 fully saturated rings. The maximum Gasteiger partial charge on any atom is 0.312 e. The van der Waals surface area contributed by atoms with Crippen molar-refractivity contribution in [3.05, 3.63) is 17.8 Å². The van der Waals surface area contributed by atoms with Gasteiger partial charge in [-0.05, 0) is 31.2 Å². The molecule has 0 spiro atoms. The van der Waals surface area contributed by atoms with E-state index in [1.54, 1.807) is 6.20 Å². The highest BCUT2D eigenvalue weighted by molar-refractivity contribution is 5.72. The lowest BCUT2D eigenvalue weighted by atomic mass is 9.90. The van der Waals surface area contributed by atoms with Crippen LogP contribution >= 0.6 is 0 Å². The highest BCUT2D eigenvalue weighted by atomic mass is 16.5. The van der Waals surface area contributed by atoms with Crippen LogP contribution in [-0.4, -0.2) is 55.3 Å². The second-order valence-electron chi connectivity index (χ2n) is 7.93. The van der Waals surface area contributed by atoms with Gasteiger partial charge in [0.05, 0.1) is 18.8 Å². The number of morpholine rings is 1. The first kappa shape index (κ1) is 20.6.